The minimum absolute atomic E-state index is 0.224. The highest BCUT2D eigenvalue weighted by Crippen LogP contribution is 2.53. The Hall–Kier alpha value is -2.00. The lowest BCUT2D eigenvalue weighted by atomic mass is 9.82. The lowest BCUT2D eigenvalue weighted by Gasteiger charge is -2.33. The third-order valence-electron chi connectivity index (χ3n) is 5.07. The van der Waals surface area contributed by atoms with Crippen LogP contribution in [0.5, 0.6) is 11.5 Å². The van der Waals surface area contributed by atoms with Gasteiger partial charge in [-0.15, -0.1) is 0 Å². The zero-order valence-corrected chi connectivity index (χ0v) is 13.1. The summed E-state index contributed by atoms with van der Waals surface area (Å²) < 4.78 is 10.8. The molecule has 1 N–H and O–H groups in total. The van der Waals surface area contributed by atoms with Gasteiger partial charge in [0.2, 0.25) is 0 Å². The molecule has 3 nitrogen and oxygen atoms in total. The van der Waals surface area contributed by atoms with Crippen molar-refractivity contribution in [3.63, 3.8) is 0 Å². The van der Waals surface area contributed by atoms with Gasteiger partial charge in [-0.2, -0.15) is 0 Å². The molecule has 1 fully saturated rings. The van der Waals surface area contributed by atoms with Crippen LogP contribution < -0.4 is 14.8 Å². The molecule has 1 spiro atoms. The summed E-state index contributed by atoms with van der Waals surface area (Å²) in [6.07, 6.45) is 2.54. The number of rotatable bonds is 3. The van der Waals surface area contributed by atoms with Crippen molar-refractivity contribution in [1.29, 1.82) is 0 Å². The summed E-state index contributed by atoms with van der Waals surface area (Å²) in [5.41, 5.74) is 4.41. The number of ether oxygens (including phenoxy) is 2. The third kappa shape index (κ3) is 2.08. The SMILES string of the molecule is COc1cccc(C2NCC3(CC3)c3cc(OC)ccc32)c1. The van der Waals surface area contributed by atoms with Crippen LogP contribution in [0.2, 0.25) is 0 Å². The van der Waals surface area contributed by atoms with E-state index in [0.717, 1.165) is 18.0 Å². The second-order valence-electron chi connectivity index (χ2n) is 6.32. The fourth-order valence-electron chi connectivity index (χ4n) is 3.59. The van der Waals surface area contributed by atoms with Gasteiger partial charge in [-0.3, -0.25) is 0 Å². The van der Waals surface area contributed by atoms with E-state index >= 15 is 0 Å². The topological polar surface area (TPSA) is 30.5 Å². The smallest absolute Gasteiger partial charge is 0.119 e. The number of hydrogen-bond acceptors (Lipinski definition) is 3. The maximum absolute atomic E-state index is 5.44. The molecule has 114 valence electrons. The summed E-state index contributed by atoms with van der Waals surface area (Å²) in [7, 11) is 3.45. The first kappa shape index (κ1) is 13.6. The van der Waals surface area contributed by atoms with E-state index in [1.165, 1.54) is 29.5 Å². The number of benzene rings is 2. The van der Waals surface area contributed by atoms with Crippen LogP contribution in [-0.2, 0) is 5.41 Å². The molecule has 0 bridgehead atoms. The van der Waals surface area contributed by atoms with Crippen molar-refractivity contribution < 1.29 is 9.47 Å². The van der Waals surface area contributed by atoms with Crippen molar-refractivity contribution in [2.75, 3.05) is 20.8 Å². The van der Waals surface area contributed by atoms with Crippen molar-refractivity contribution in [2.45, 2.75) is 24.3 Å². The molecule has 2 aliphatic rings. The Morgan fingerprint density at radius 3 is 2.50 bits per heavy atom. The van der Waals surface area contributed by atoms with Crippen LogP contribution in [0.3, 0.4) is 0 Å². The van der Waals surface area contributed by atoms with E-state index in [2.05, 4.69) is 41.7 Å². The predicted molar refractivity (Wildman–Crippen MR) is 86.7 cm³/mol. The summed E-state index contributed by atoms with van der Waals surface area (Å²) in [6.45, 7) is 1.04. The lowest BCUT2D eigenvalue weighted by Crippen LogP contribution is -2.37. The van der Waals surface area contributed by atoms with Gasteiger partial charge in [0.1, 0.15) is 11.5 Å². The highest BCUT2D eigenvalue weighted by atomic mass is 16.5. The minimum Gasteiger partial charge on any atom is -0.497 e. The van der Waals surface area contributed by atoms with E-state index in [-0.39, 0.29) is 6.04 Å². The Kier molecular flexibility index (Phi) is 3.12. The summed E-state index contributed by atoms with van der Waals surface area (Å²) in [5, 5.41) is 3.74. The molecule has 1 unspecified atom stereocenters. The molecule has 2 aromatic carbocycles. The van der Waals surface area contributed by atoms with Crippen LogP contribution >= 0.6 is 0 Å². The first-order chi connectivity index (χ1) is 10.8. The van der Waals surface area contributed by atoms with Gasteiger partial charge in [-0.05, 0) is 53.8 Å². The van der Waals surface area contributed by atoms with Crippen LogP contribution in [0, 0.1) is 0 Å². The second kappa shape index (κ2) is 5.03. The van der Waals surface area contributed by atoms with Gasteiger partial charge >= 0.3 is 0 Å². The lowest BCUT2D eigenvalue weighted by molar-refractivity contribution is 0.408. The summed E-state index contributed by atoms with van der Waals surface area (Å²) >= 11 is 0. The molecule has 3 heteroatoms. The van der Waals surface area contributed by atoms with Gasteiger partial charge in [0.25, 0.3) is 0 Å². The Balaban J connectivity index is 1.80. The van der Waals surface area contributed by atoms with E-state index in [0.29, 0.717) is 5.41 Å². The van der Waals surface area contributed by atoms with E-state index in [4.69, 9.17) is 9.47 Å². The molecular weight excluding hydrogens is 274 g/mol. The first-order valence-corrected chi connectivity index (χ1v) is 7.81. The fraction of sp³-hybridized carbons (Fsp3) is 0.368. The van der Waals surface area contributed by atoms with E-state index in [9.17, 15) is 0 Å². The summed E-state index contributed by atoms with van der Waals surface area (Å²) in [6, 6.07) is 15.1. The molecule has 0 radical (unpaired) electrons. The summed E-state index contributed by atoms with van der Waals surface area (Å²) in [5.74, 6) is 1.86. The monoisotopic (exact) mass is 295 g/mol. The van der Waals surface area contributed by atoms with E-state index in [1.807, 2.05) is 6.07 Å². The number of nitrogens with one attached hydrogen (secondary N) is 1. The minimum atomic E-state index is 0.224. The molecular formula is C19H21NO2. The number of methoxy groups -OCH3 is 2. The van der Waals surface area contributed by atoms with E-state index in [1.54, 1.807) is 14.2 Å². The van der Waals surface area contributed by atoms with Gasteiger partial charge in [0.15, 0.2) is 0 Å². The zero-order chi connectivity index (χ0) is 15.2. The first-order valence-electron chi connectivity index (χ1n) is 7.81. The molecule has 1 heterocycles. The van der Waals surface area contributed by atoms with Gasteiger partial charge in [-0.25, -0.2) is 0 Å². The van der Waals surface area contributed by atoms with Crippen molar-refractivity contribution in [3.05, 3.63) is 59.2 Å². The van der Waals surface area contributed by atoms with Crippen molar-refractivity contribution in [1.82, 2.24) is 5.32 Å². The second-order valence-corrected chi connectivity index (χ2v) is 6.32. The third-order valence-corrected chi connectivity index (χ3v) is 5.07. The Morgan fingerprint density at radius 1 is 1.00 bits per heavy atom. The van der Waals surface area contributed by atoms with Crippen LogP contribution in [0.25, 0.3) is 0 Å². The molecule has 0 amide bonds. The highest BCUT2D eigenvalue weighted by Gasteiger charge is 2.49. The van der Waals surface area contributed by atoms with Crippen LogP contribution in [0.4, 0.5) is 0 Å². The fourth-order valence-corrected chi connectivity index (χ4v) is 3.59. The largest absolute Gasteiger partial charge is 0.497 e. The van der Waals surface area contributed by atoms with Crippen LogP contribution in [0.15, 0.2) is 42.5 Å². The molecule has 22 heavy (non-hydrogen) atoms. The van der Waals surface area contributed by atoms with Gasteiger partial charge < -0.3 is 14.8 Å². The standard InChI is InChI=1S/C19H21NO2/c1-21-14-5-3-4-13(10-14)18-16-7-6-15(22-2)11-17(16)19(8-9-19)12-20-18/h3-7,10-11,18,20H,8-9,12H2,1-2H3. The Morgan fingerprint density at radius 2 is 1.77 bits per heavy atom. The van der Waals surface area contributed by atoms with E-state index < -0.39 is 0 Å². The van der Waals surface area contributed by atoms with Crippen molar-refractivity contribution in [2.24, 2.45) is 0 Å². The average molecular weight is 295 g/mol. The van der Waals surface area contributed by atoms with Gasteiger partial charge in [-0.1, -0.05) is 18.2 Å². The highest BCUT2D eigenvalue weighted by molar-refractivity contribution is 5.51. The molecule has 0 saturated heterocycles. The molecule has 1 saturated carbocycles. The zero-order valence-electron chi connectivity index (χ0n) is 13.1. The normalized spacial score (nSPS) is 21.3. The molecule has 1 aliphatic heterocycles. The summed E-state index contributed by atoms with van der Waals surface area (Å²) in [4.78, 5) is 0. The van der Waals surface area contributed by atoms with Gasteiger partial charge in [0, 0.05) is 12.0 Å². The van der Waals surface area contributed by atoms with Gasteiger partial charge in [0.05, 0.1) is 20.3 Å². The average Bonchev–Trinajstić information content (AvgIpc) is 3.35. The van der Waals surface area contributed by atoms with Crippen LogP contribution in [-0.4, -0.2) is 20.8 Å². The molecule has 1 atom stereocenters. The molecule has 4 rings (SSSR count). The van der Waals surface area contributed by atoms with Crippen molar-refractivity contribution >= 4 is 0 Å². The molecule has 1 aliphatic carbocycles. The Bertz CT molecular complexity index is 706. The number of hydrogen-bond donors (Lipinski definition) is 1. The number of fused-ring (bicyclic) bond motifs is 2. The maximum Gasteiger partial charge on any atom is 0.119 e. The molecule has 2 aromatic rings. The maximum atomic E-state index is 5.44. The predicted octanol–water partition coefficient (Wildman–Crippen LogP) is 3.43. The molecule has 0 aromatic heterocycles. The quantitative estimate of drug-likeness (QED) is 0.941. The Labute approximate surface area is 131 Å². The van der Waals surface area contributed by atoms with Crippen LogP contribution in [0.1, 0.15) is 35.6 Å². The van der Waals surface area contributed by atoms with Crippen molar-refractivity contribution in [3.8, 4) is 11.5 Å².